The minimum Gasteiger partial charge on any atom is -0.507 e. The van der Waals surface area contributed by atoms with Gasteiger partial charge in [-0.05, 0) is 55.5 Å². The van der Waals surface area contributed by atoms with Gasteiger partial charge in [-0.2, -0.15) is 0 Å². The Balaban J connectivity index is 1.93. The van der Waals surface area contributed by atoms with Crippen LogP contribution in [0, 0.1) is 5.82 Å². The summed E-state index contributed by atoms with van der Waals surface area (Å²) in [5.74, 6) is -1.62. The summed E-state index contributed by atoms with van der Waals surface area (Å²) in [6.45, 7) is 2.34. The predicted molar refractivity (Wildman–Crippen MR) is 122 cm³/mol. The van der Waals surface area contributed by atoms with E-state index in [1.165, 1.54) is 36.3 Å². The number of Topliss-reactive ketones (excluding diaryl/α,β-unsaturated/α-hetero) is 1. The van der Waals surface area contributed by atoms with E-state index in [0.717, 1.165) is 0 Å². The van der Waals surface area contributed by atoms with Crippen LogP contribution in [0.25, 0.3) is 5.76 Å². The fourth-order valence-electron chi connectivity index (χ4n) is 3.94. The number of benzene rings is 3. The first kappa shape index (κ1) is 22.1. The summed E-state index contributed by atoms with van der Waals surface area (Å²) in [6.07, 6.45) is 0. The summed E-state index contributed by atoms with van der Waals surface area (Å²) in [6, 6.07) is 17.8. The van der Waals surface area contributed by atoms with Crippen LogP contribution in [-0.2, 0) is 9.59 Å². The van der Waals surface area contributed by atoms with Gasteiger partial charge in [0.05, 0.1) is 25.3 Å². The van der Waals surface area contributed by atoms with Crippen LogP contribution in [-0.4, -0.2) is 30.5 Å². The summed E-state index contributed by atoms with van der Waals surface area (Å²) in [5, 5.41) is 11.2. The number of hydrogen-bond donors (Lipinski definition) is 1. The monoisotopic (exact) mass is 447 g/mol. The van der Waals surface area contributed by atoms with Gasteiger partial charge >= 0.3 is 0 Å². The van der Waals surface area contributed by atoms with Gasteiger partial charge in [-0.25, -0.2) is 4.39 Å². The van der Waals surface area contributed by atoms with Gasteiger partial charge in [-0.1, -0.05) is 24.3 Å². The van der Waals surface area contributed by atoms with Crippen LogP contribution in [0.4, 0.5) is 10.1 Å². The average Bonchev–Trinajstić information content (AvgIpc) is 3.09. The van der Waals surface area contributed by atoms with E-state index in [0.29, 0.717) is 29.2 Å². The topological polar surface area (TPSA) is 76.1 Å². The number of aliphatic hydroxyl groups excluding tert-OH is 1. The molecule has 7 heteroatoms. The van der Waals surface area contributed by atoms with Crippen molar-refractivity contribution in [1.29, 1.82) is 0 Å². The number of aliphatic hydroxyl groups is 1. The molecule has 1 heterocycles. The van der Waals surface area contributed by atoms with Gasteiger partial charge in [0.25, 0.3) is 11.7 Å². The molecule has 1 aliphatic rings. The third-order valence-corrected chi connectivity index (χ3v) is 5.40. The lowest BCUT2D eigenvalue weighted by atomic mass is 9.94. The van der Waals surface area contributed by atoms with Crippen molar-refractivity contribution in [2.24, 2.45) is 0 Å². The van der Waals surface area contributed by atoms with Crippen molar-refractivity contribution in [3.63, 3.8) is 0 Å². The molecule has 1 N–H and O–H groups in total. The standard InChI is InChI=1S/C26H22FNO5/c1-3-33-19-13-11-16(12-14-19)24(29)22-23(20-9-4-5-10-21(20)32-2)28(26(31)25(22)30)18-8-6-7-17(27)15-18/h4-15,23,29H,3H2,1-2H3/b24-22+. The SMILES string of the molecule is CCOc1ccc(/C(O)=C2\C(=O)C(=O)N(c3cccc(F)c3)C2c2ccccc2OC)cc1. The maximum absolute atomic E-state index is 14.0. The number of nitrogens with zero attached hydrogens (tertiary/aromatic N) is 1. The third-order valence-electron chi connectivity index (χ3n) is 5.40. The Morgan fingerprint density at radius 2 is 1.76 bits per heavy atom. The number of hydrogen-bond acceptors (Lipinski definition) is 5. The Morgan fingerprint density at radius 3 is 2.42 bits per heavy atom. The van der Waals surface area contributed by atoms with Crippen LogP contribution in [0.3, 0.4) is 0 Å². The molecule has 1 fully saturated rings. The van der Waals surface area contributed by atoms with E-state index < -0.39 is 23.5 Å². The molecule has 1 unspecified atom stereocenters. The largest absolute Gasteiger partial charge is 0.507 e. The maximum Gasteiger partial charge on any atom is 0.300 e. The van der Waals surface area contributed by atoms with Gasteiger partial charge in [0, 0.05) is 16.8 Å². The summed E-state index contributed by atoms with van der Waals surface area (Å²) >= 11 is 0. The normalized spacial score (nSPS) is 17.3. The van der Waals surface area contributed by atoms with Crippen LogP contribution in [0.15, 0.2) is 78.4 Å². The first-order valence-electron chi connectivity index (χ1n) is 10.4. The first-order chi connectivity index (χ1) is 16.0. The number of ether oxygens (including phenoxy) is 2. The predicted octanol–water partition coefficient (Wildman–Crippen LogP) is 4.86. The van der Waals surface area contributed by atoms with Crippen molar-refractivity contribution in [1.82, 2.24) is 0 Å². The number of carbonyl (C=O) groups is 2. The molecule has 0 radical (unpaired) electrons. The third kappa shape index (κ3) is 4.05. The number of methoxy groups -OCH3 is 1. The van der Waals surface area contributed by atoms with Crippen LogP contribution in [0.1, 0.15) is 24.1 Å². The molecule has 3 aromatic carbocycles. The van der Waals surface area contributed by atoms with Crippen LogP contribution < -0.4 is 14.4 Å². The van der Waals surface area contributed by atoms with Gasteiger partial charge < -0.3 is 14.6 Å². The highest BCUT2D eigenvalue weighted by Crippen LogP contribution is 2.44. The molecule has 0 spiro atoms. The van der Waals surface area contributed by atoms with Gasteiger partial charge in [0.15, 0.2) is 0 Å². The molecular weight excluding hydrogens is 425 g/mol. The molecule has 1 amide bonds. The Hall–Kier alpha value is -4.13. The molecule has 0 saturated carbocycles. The second-order valence-electron chi connectivity index (χ2n) is 7.35. The van der Waals surface area contributed by atoms with Crippen molar-refractivity contribution in [2.75, 3.05) is 18.6 Å². The zero-order valence-corrected chi connectivity index (χ0v) is 18.1. The first-order valence-corrected chi connectivity index (χ1v) is 10.4. The lowest BCUT2D eigenvalue weighted by Crippen LogP contribution is -2.29. The molecule has 0 aromatic heterocycles. The number of amides is 1. The molecular formula is C26H22FNO5. The van der Waals surface area contributed by atoms with Crippen molar-refractivity contribution in [2.45, 2.75) is 13.0 Å². The van der Waals surface area contributed by atoms with E-state index in [4.69, 9.17) is 9.47 Å². The smallest absolute Gasteiger partial charge is 0.300 e. The molecule has 0 aliphatic carbocycles. The molecule has 1 aliphatic heterocycles. The second-order valence-corrected chi connectivity index (χ2v) is 7.35. The molecule has 168 valence electrons. The highest BCUT2D eigenvalue weighted by molar-refractivity contribution is 6.51. The van der Waals surface area contributed by atoms with Gasteiger partial charge in [0.2, 0.25) is 0 Å². The Bertz CT molecular complexity index is 1240. The number of ketones is 1. The fourth-order valence-corrected chi connectivity index (χ4v) is 3.94. The quantitative estimate of drug-likeness (QED) is 0.332. The van der Waals surface area contributed by atoms with Crippen LogP contribution >= 0.6 is 0 Å². The summed E-state index contributed by atoms with van der Waals surface area (Å²) in [5.41, 5.74) is 0.906. The Morgan fingerprint density at radius 1 is 1.03 bits per heavy atom. The molecule has 1 atom stereocenters. The average molecular weight is 447 g/mol. The summed E-state index contributed by atoms with van der Waals surface area (Å²) in [4.78, 5) is 27.5. The molecule has 3 aromatic rings. The van der Waals surface area contributed by atoms with E-state index in [2.05, 4.69) is 0 Å². The summed E-state index contributed by atoms with van der Waals surface area (Å²) in [7, 11) is 1.47. The Labute approximate surface area is 190 Å². The van der Waals surface area contributed by atoms with Crippen LogP contribution in [0.5, 0.6) is 11.5 Å². The molecule has 33 heavy (non-hydrogen) atoms. The number of para-hydroxylation sites is 1. The lowest BCUT2D eigenvalue weighted by Gasteiger charge is -2.26. The van der Waals surface area contributed by atoms with E-state index in [-0.39, 0.29) is 17.0 Å². The van der Waals surface area contributed by atoms with Crippen LogP contribution in [0.2, 0.25) is 0 Å². The molecule has 1 saturated heterocycles. The fraction of sp³-hybridized carbons (Fsp3) is 0.154. The van der Waals surface area contributed by atoms with Crippen molar-refractivity contribution < 1.29 is 28.6 Å². The highest BCUT2D eigenvalue weighted by atomic mass is 19.1. The highest BCUT2D eigenvalue weighted by Gasteiger charge is 2.48. The van der Waals surface area contributed by atoms with E-state index in [9.17, 15) is 19.1 Å². The van der Waals surface area contributed by atoms with Gasteiger partial charge in [-0.15, -0.1) is 0 Å². The van der Waals surface area contributed by atoms with Crippen molar-refractivity contribution in [3.8, 4) is 11.5 Å². The zero-order valence-electron chi connectivity index (χ0n) is 18.1. The van der Waals surface area contributed by atoms with Gasteiger partial charge in [-0.3, -0.25) is 14.5 Å². The summed E-state index contributed by atoms with van der Waals surface area (Å²) < 4.78 is 24.9. The van der Waals surface area contributed by atoms with Gasteiger partial charge in [0.1, 0.15) is 23.1 Å². The zero-order chi connectivity index (χ0) is 23.5. The maximum atomic E-state index is 14.0. The minimum absolute atomic E-state index is 0.113. The number of halogens is 1. The van der Waals surface area contributed by atoms with E-state index in [1.54, 1.807) is 48.5 Å². The number of anilines is 1. The molecule has 4 rings (SSSR count). The molecule has 0 bridgehead atoms. The lowest BCUT2D eigenvalue weighted by molar-refractivity contribution is -0.132. The molecule has 6 nitrogen and oxygen atoms in total. The number of rotatable bonds is 6. The Kier molecular flexibility index (Phi) is 6.13. The van der Waals surface area contributed by atoms with E-state index in [1.807, 2.05) is 6.92 Å². The van der Waals surface area contributed by atoms with Crippen molar-refractivity contribution in [3.05, 3.63) is 95.3 Å². The number of carbonyl (C=O) groups excluding carboxylic acids is 2. The second kappa shape index (κ2) is 9.16. The van der Waals surface area contributed by atoms with Crippen molar-refractivity contribution >= 4 is 23.1 Å². The minimum atomic E-state index is -1.02. The van der Waals surface area contributed by atoms with E-state index >= 15 is 0 Å².